The predicted octanol–water partition coefficient (Wildman–Crippen LogP) is 3.05. The van der Waals surface area contributed by atoms with Gasteiger partial charge in [0.1, 0.15) is 11.4 Å². The molecule has 0 radical (unpaired) electrons. The first-order valence-electron chi connectivity index (χ1n) is 10.7. The molecule has 0 aliphatic carbocycles. The van der Waals surface area contributed by atoms with E-state index in [9.17, 15) is 29.3 Å². The lowest BCUT2D eigenvalue weighted by molar-refractivity contribution is -0.384. The van der Waals surface area contributed by atoms with E-state index in [1.165, 1.54) is 42.5 Å². The van der Waals surface area contributed by atoms with Crippen molar-refractivity contribution in [2.24, 2.45) is 0 Å². The highest BCUT2D eigenvalue weighted by Crippen LogP contribution is 2.46. The van der Waals surface area contributed by atoms with E-state index in [-0.39, 0.29) is 16.9 Å². The molecule has 12 nitrogen and oxygen atoms in total. The van der Waals surface area contributed by atoms with Gasteiger partial charge in [-0.3, -0.25) is 15.0 Å². The first-order chi connectivity index (χ1) is 18.1. The zero-order chi connectivity index (χ0) is 28.1. The highest BCUT2D eigenvalue weighted by molar-refractivity contribution is 6.30. The molecule has 198 valence electrons. The number of methoxy groups -OCH3 is 4. The highest BCUT2D eigenvalue weighted by Gasteiger charge is 2.48. The van der Waals surface area contributed by atoms with Gasteiger partial charge < -0.3 is 18.9 Å². The first-order valence-corrected chi connectivity index (χ1v) is 11.1. The van der Waals surface area contributed by atoms with Crippen molar-refractivity contribution in [1.82, 2.24) is 0 Å². The van der Waals surface area contributed by atoms with Crippen molar-refractivity contribution in [2.75, 3.05) is 33.3 Å². The van der Waals surface area contributed by atoms with E-state index in [1.54, 1.807) is 0 Å². The second kappa shape index (κ2) is 11.6. The van der Waals surface area contributed by atoms with E-state index in [4.69, 9.17) is 30.5 Å². The molecule has 0 unspecified atom stereocenters. The Morgan fingerprint density at radius 3 is 1.68 bits per heavy atom. The summed E-state index contributed by atoms with van der Waals surface area (Å²) in [5.41, 5.74) is -2.12. The van der Waals surface area contributed by atoms with Crippen LogP contribution < -0.4 is 4.90 Å². The average Bonchev–Trinajstić information content (AvgIpc) is 2.94. The van der Waals surface area contributed by atoms with Gasteiger partial charge in [-0.25, -0.2) is 19.2 Å². The Balaban J connectivity index is 2.59. The zero-order valence-corrected chi connectivity index (χ0v) is 21.3. The summed E-state index contributed by atoms with van der Waals surface area (Å²) in [4.78, 5) is 64.9. The van der Waals surface area contributed by atoms with Crippen molar-refractivity contribution in [2.45, 2.75) is 5.92 Å². The lowest BCUT2D eigenvalue weighted by Gasteiger charge is -2.37. The van der Waals surface area contributed by atoms with Crippen LogP contribution in [-0.4, -0.2) is 57.2 Å². The average molecular weight is 545 g/mol. The number of nitrogens with zero attached hydrogens (tertiary/aromatic N) is 2. The Bertz CT molecular complexity index is 1330. The molecule has 0 saturated carbocycles. The minimum Gasteiger partial charge on any atom is -0.466 e. The topological polar surface area (TPSA) is 152 Å². The Hall–Kier alpha value is -4.71. The van der Waals surface area contributed by atoms with Gasteiger partial charge in [-0.1, -0.05) is 23.7 Å². The lowest BCUT2D eigenvalue weighted by atomic mass is 9.78. The minimum absolute atomic E-state index is 0.0126. The Morgan fingerprint density at radius 1 is 0.789 bits per heavy atom. The van der Waals surface area contributed by atoms with Crippen molar-refractivity contribution in [3.05, 3.63) is 91.8 Å². The number of carbonyl (C=O) groups is 4. The number of rotatable bonds is 7. The van der Waals surface area contributed by atoms with Crippen LogP contribution in [0.1, 0.15) is 11.5 Å². The van der Waals surface area contributed by atoms with Crippen molar-refractivity contribution < 1.29 is 43.0 Å². The van der Waals surface area contributed by atoms with Gasteiger partial charge in [0.05, 0.1) is 50.4 Å². The molecule has 3 rings (SSSR count). The zero-order valence-electron chi connectivity index (χ0n) is 20.6. The van der Waals surface area contributed by atoms with Gasteiger partial charge in [0.2, 0.25) is 0 Å². The van der Waals surface area contributed by atoms with Gasteiger partial charge in [-0.15, -0.1) is 0 Å². The highest BCUT2D eigenvalue weighted by atomic mass is 35.5. The Labute approximate surface area is 221 Å². The number of non-ortho nitro benzene ring substituents is 1. The normalized spacial score (nSPS) is 13.7. The molecule has 1 aliphatic heterocycles. The number of benzene rings is 2. The van der Waals surface area contributed by atoms with E-state index in [0.29, 0.717) is 5.02 Å². The second-order valence-electron chi connectivity index (χ2n) is 7.59. The maximum Gasteiger partial charge on any atom is 0.355 e. The van der Waals surface area contributed by atoms with E-state index in [2.05, 4.69) is 0 Å². The molecular weight excluding hydrogens is 524 g/mol. The fourth-order valence-corrected chi connectivity index (χ4v) is 4.14. The standard InChI is InChI=1S/C25H21ClN2O10/c1-35-22(29)18-17(13-6-5-7-16(12-13)28(33)34)19(23(30)36-2)21(25(32)38-4)27(20(18)24(31)37-3)15-10-8-14(26)9-11-15/h5-12,17H,1-4H3. The van der Waals surface area contributed by atoms with E-state index >= 15 is 0 Å². The quantitative estimate of drug-likeness (QED) is 0.219. The van der Waals surface area contributed by atoms with Gasteiger partial charge in [0, 0.05) is 22.8 Å². The maximum absolute atomic E-state index is 13.3. The van der Waals surface area contributed by atoms with Crippen LogP contribution in [-0.2, 0) is 38.1 Å². The molecule has 0 saturated heterocycles. The van der Waals surface area contributed by atoms with Crippen molar-refractivity contribution in [3.8, 4) is 0 Å². The van der Waals surface area contributed by atoms with Crippen LogP contribution in [0.3, 0.4) is 0 Å². The number of anilines is 1. The van der Waals surface area contributed by atoms with Gasteiger partial charge in [0.25, 0.3) is 5.69 Å². The number of halogens is 1. The number of nitro benzene ring substituents is 1. The van der Waals surface area contributed by atoms with Crippen molar-refractivity contribution >= 4 is 46.9 Å². The van der Waals surface area contributed by atoms with Crippen LogP contribution in [0.25, 0.3) is 0 Å². The third-order valence-corrected chi connectivity index (χ3v) is 5.85. The van der Waals surface area contributed by atoms with Crippen LogP contribution in [0.4, 0.5) is 11.4 Å². The Morgan fingerprint density at radius 2 is 1.26 bits per heavy atom. The van der Waals surface area contributed by atoms with Gasteiger partial charge >= 0.3 is 23.9 Å². The molecule has 0 spiro atoms. The van der Waals surface area contributed by atoms with Crippen LogP contribution in [0.5, 0.6) is 0 Å². The van der Waals surface area contributed by atoms with Gasteiger partial charge in [-0.05, 0) is 29.8 Å². The van der Waals surface area contributed by atoms with E-state index in [0.717, 1.165) is 39.4 Å². The van der Waals surface area contributed by atoms with E-state index in [1.807, 2.05) is 0 Å². The minimum atomic E-state index is -1.54. The summed E-state index contributed by atoms with van der Waals surface area (Å²) in [7, 11) is 4.17. The largest absolute Gasteiger partial charge is 0.466 e. The molecule has 0 aromatic heterocycles. The lowest BCUT2D eigenvalue weighted by Crippen LogP contribution is -2.42. The molecule has 2 aromatic carbocycles. The number of hydrogen-bond acceptors (Lipinski definition) is 11. The summed E-state index contributed by atoms with van der Waals surface area (Å²) in [5.74, 6) is -5.86. The number of esters is 4. The molecule has 1 heterocycles. The van der Waals surface area contributed by atoms with E-state index < -0.39 is 57.3 Å². The van der Waals surface area contributed by atoms with Crippen LogP contribution in [0, 0.1) is 10.1 Å². The molecule has 0 fully saturated rings. The fourth-order valence-electron chi connectivity index (χ4n) is 4.01. The second-order valence-corrected chi connectivity index (χ2v) is 8.02. The summed E-state index contributed by atoms with van der Waals surface area (Å²) in [6, 6.07) is 10.7. The molecule has 1 aliphatic rings. The smallest absolute Gasteiger partial charge is 0.355 e. The molecule has 0 N–H and O–H groups in total. The summed E-state index contributed by atoms with van der Waals surface area (Å²) < 4.78 is 19.8. The van der Waals surface area contributed by atoms with Gasteiger partial charge in [0.15, 0.2) is 0 Å². The third-order valence-electron chi connectivity index (χ3n) is 5.60. The van der Waals surface area contributed by atoms with Crippen LogP contribution >= 0.6 is 11.6 Å². The molecule has 13 heteroatoms. The molecule has 0 bridgehead atoms. The molecule has 0 amide bonds. The van der Waals surface area contributed by atoms with Gasteiger partial charge in [-0.2, -0.15) is 0 Å². The first kappa shape index (κ1) is 27.9. The number of carbonyl (C=O) groups excluding carboxylic acids is 4. The monoisotopic (exact) mass is 544 g/mol. The number of nitro groups is 1. The number of hydrogen-bond donors (Lipinski definition) is 0. The fraction of sp³-hybridized carbons (Fsp3) is 0.200. The SMILES string of the molecule is COC(=O)C1=C(C(=O)OC)N(c2ccc(Cl)cc2)C(C(=O)OC)=C(C(=O)OC)C1c1cccc([N+](=O)[O-])c1. The van der Waals surface area contributed by atoms with Crippen molar-refractivity contribution in [3.63, 3.8) is 0 Å². The summed E-state index contributed by atoms with van der Waals surface area (Å²) in [5, 5.41) is 11.8. The Kier molecular flexibility index (Phi) is 8.48. The molecular formula is C25H21ClN2O10. The predicted molar refractivity (Wildman–Crippen MR) is 132 cm³/mol. The van der Waals surface area contributed by atoms with Crippen LogP contribution in [0.2, 0.25) is 5.02 Å². The summed E-state index contributed by atoms with van der Waals surface area (Å²) >= 11 is 6.02. The van der Waals surface area contributed by atoms with Crippen molar-refractivity contribution in [1.29, 1.82) is 0 Å². The summed E-state index contributed by atoms with van der Waals surface area (Å²) in [6.07, 6.45) is 0. The van der Waals surface area contributed by atoms with Crippen LogP contribution in [0.15, 0.2) is 71.1 Å². The number of ether oxygens (including phenoxy) is 4. The third kappa shape index (κ3) is 5.06. The molecule has 0 atom stereocenters. The molecule has 2 aromatic rings. The summed E-state index contributed by atoms with van der Waals surface area (Å²) in [6.45, 7) is 0. The maximum atomic E-state index is 13.3. The molecule has 38 heavy (non-hydrogen) atoms.